The molecule has 1 amide bonds. The summed E-state index contributed by atoms with van der Waals surface area (Å²) >= 11 is 0. The Morgan fingerprint density at radius 2 is 1.67 bits per heavy atom. The molecule has 0 aliphatic heterocycles. The summed E-state index contributed by atoms with van der Waals surface area (Å²) in [5.74, 6) is 0.134. The van der Waals surface area contributed by atoms with E-state index in [1.807, 2.05) is 13.8 Å². The Labute approximate surface area is 135 Å². The standard InChI is InChI=1S/C15H30N2O3.ClH/c1-6-17(7-2)15(19)12(5)20-14(18)9-13(10-16)8-11(3)4;/h11-13H,6-10,16H2,1-5H3;1H/t12?,13-;/m0./s1. The summed E-state index contributed by atoms with van der Waals surface area (Å²) in [7, 11) is 0. The molecular weight excluding hydrogens is 292 g/mol. The van der Waals surface area contributed by atoms with Crippen molar-refractivity contribution in [3.8, 4) is 0 Å². The Morgan fingerprint density at radius 3 is 2.05 bits per heavy atom. The van der Waals surface area contributed by atoms with Crippen LogP contribution >= 0.6 is 12.4 Å². The van der Waals surface area contributed by atoms with Gasteiger partial charge in [0, 0.05) is 19.5 Å². The predicted octanol–water partition coefficient (Wildman–Crippen LogP) is 2.22. The van der Waals surface area contributed by atoms with Gasteiger partial charge in [0.2, 0.25) is 0 Å². The van der Waals surface area contributed by atoms with Crippen LogP contribution in [0.1, 0.15) is 47.5 Å². The molecule has 0 heterocycles. The topological polar surface area (TPSA) is 72.6 Å². The van der Waals surface area contributed by atoms with Crippen molar-refractivity contribution in [2.75, 3.05) is 19.6 Å². The van der Waals surface area contributed by atoms with Crippen molar-refractivity contribution in [3.63, 3.8) is 0 Å². The quantitative estimate of drug-likeness (QED) is 0.661. The summed E-state index contributed by atoms with van der Waals surface area (Å²) < 4.78 is 5.22. The number of carbonyl (C=O) groups excluding carboxylic acids is 2. The Bertz CT molecular complexity index is 307. The summed E-state index contributed by atoms with van der Waals surface area (Å²) in [5.41, 5.74) is 5.67. The zero-order chi connectivity index (χ0) is 15.7. The maximum Gasteiger partial charge on any atom is 0.306 e. The van der Waals surface area contributed by atoms with Crippen LogP contribution in [0, 0.1) is 11.8 Å². The van der Waals surface area contributed by atoms with E-state index < -0.39 is 6.10 Å². The van der Waals surface area contributed by atoms with E-state index in [1.54, 1.807) is 11.8 Å². The molecule has 0 saturated carbocycles. The number of amides is 1. The SMILES string of the molecule is CCN(CC)C(=O)C(C)OC(=O)C[C@@H](CN)CC(C)C.Cl. The number of likely N-dealkylation sites (N-methyl/N-ethyl adjacent to an activating group) is 1. The molecule has 0 saturated heterocycles. The van der Waals surface area contributed by atoms with Gasteiger partial charge in [-0.1, -0.05) is 13.8 Å². The van der Waals surface area contributed by atoms with Gasteiger partial charge in [0.05, 0.1) is 0 Å². The minimum Gasteiger partial charge on any atom is -0.453 e. The van der Waals surface area contributed by atoms with E-state index in [0.717, 1.165) is 6.42 Å². The number of halogens is 1. The van der Waals surface area contributed by atoms with Gasteiger partial charge >= 0.3 is 5.97 Å². The third kappa shape index (κ3) is 8.94. The molecule has 0 radical (unpaired) electrons. The van der Waals surface area contributed by atoms with E-state index in [9.17, 15) is 9.59 Å². The van der Waals surface area contributed by atoms with Crippen molar-refractivity contribution in [3.05, 3.63) is 0 Å². The van der Waals surface area contributed by atoms with Crippen LogP contribution in [0.25, 0.3) is 0 Å². The molecule has 126 valence electrons. The molecule has 0 aliphatic rings. The predicted molar refractivity (Wildman–Crippen MR) is 87.3 cm³/mol. The molecule has 0 spiro atoms. The molecule has 0 aliphatic carbocycles. The Kier molecular flexibility index (Phi) is 12.6. The second-order valence-corrected chi connectivity index (χ2v) is 5.58. The van der Waals surface area contributed by atoms with E-state index in [2.05, 4.69) is 13.8 Å². The van der Waals surface area contributed by atoms with Crippen LogP contribution < -0.4 is 5.73 Å². The maximum atomic E-state index is 12.0. The van der Waals surface area contributed by atoms with Crippen LogP contribution in [0.3, 0.4) is 0 Å². The van der Waals surface area contributed by atoms with Crippen molar-refractivity contribution < 1.29 is 14.3 Å². The zero-order valence-electron chi connectivity index (χ0n) is 13.9. The number of ether oxygens (including phenoxy) is 1. The molecule has 2 N–H and O–H groups in total. The summed E-state index contributed by atoms with van der Waals surface area (Å²) in [5, 5.41) is 0. The van der Waals surface area contributed by atoms with E-state index in [-0.39, 0.29) is 36.6 Å². The van der Waals surface area contributed by atoms with Gasteiger partial charge in [-0.15, -0.1) is 12.4 Å². The highest BCUT2D eigenvalue weighted by atomic mass is 35.5. The lowest BCUT2D eigenvalue weighted by atomic mass is 9.94. The lowest BCUT2D eigenvalue weighted by molar-refractivity contribution is -0.159. The summed E-state index contributed by atoms with van der Waals surface area (Å²) in [6.45, 7) is 11.3. The first kappa shape index (κ1) is 22.5. The molecule has 0 aromatic rings. The van der Waals surface area contributed by atoms with Gasteiger partial charge in [-0.05, 0) is 45.6 Å². The van der Waals surface area contributed by atoms with Gasteiger partial charge < -0.3 is 15.4 Å². The average Bonchev–Trinajstić information content (AvgIpc) is 2.38. The highest BCUT2D eigenvalue weighted by Crippen LogP contribution is 2.15. The van der Waals surface area contributed by atoms with Crippen LogP contribution in [0.15, 0.2) is 0 Å². The summed E-state index contributed by atoms with van der Waals surface area (Å²) in [6, 6.07) is 0. The van der Waals surface area contributed by atoms with Gasteiger partial charge in [-0.2, -0.15) is 0 Å². The molecule has 5 nitrogen and oxygen atoms in total. The van der Waals surface area contributed by atoms with Crippen LogP contribution in [0.5, 0.6) is 0 Å². The van der Waals surface area contributed by atoms with E-state index >= 15 is 0 Å². The highest BCUT2D eigenvalue weighted by molar-refractivity contribution is 5.85. The number of hydrogen-bond acceptors (Lipinski definition) is 4. The molecule has 0 rings (SSSR count). The number of nitrogens with zero attached hydrogens (tertiary/aromatic N) is 1. The van der Waals surface area contributed by atoms with E-state index in [0.29, 0.717) is 25.6 Å². The fraction of sp³-hybridized carbons (Fsp3) is 0.867. The molecule has 1 unspecified atom stereocenters. The third-order valence-corrected chi connectivity index (χ3v) is 3.32. The minimum absolute atomic E-state index is 0. The average molecular weight is 323 g/mol. The summed E-state index contributed by atoms with van der Waals surface area (Å²) in [6.07, 6.45) is 0.453. The fourth-order valence-electron chi connectivity index (χ4n) is 2.25. The maximum absolute atomic E-state index is 12.0. The van der Waals surface area contributed by atoms with Crippen molar-refractivity contribution in [2.24, 2.45) is 17.6 Å². The van der Waals surface area contributed by atoms with E-state index in [1.165, 1.54) is 0 Å². The fourth-order valence-corrected chi connectivity index (χ4v) is 2.25. The van der Waals surface area contributed by atoms with Crippen molar-refractivity contribution in [1.82, 2.24) is 4.90 Å². The second kappa shape index (κ2) is 11.8. The second-order valence-electron chi connectivity index (χ2n) is 5.58. The number of nitrogens with two attached hydrogens (primary N) is 1. The summed E-state index contributed by atoms with van der Waals surface area (Å²) in [4.78, 5) is 25.5. The molecule has 0 aromatic carbocycles. The Hall–Kier alpha value is -0.810. The molecule has 0 fully saturated rings. The first-order valence-electron chi connectivity index (χ1n) is 7.53. The molecule has 6 heteroatoms. The number of carbonyl (C=O) groups is 2. The van der Waals surface area contributed by atoms with Crippen molar-refractivity contribution in [1.29, 1.82) is 0 Å². The molecule has 2 atom stereocenters. The lowest BCUT2D eigenvalue weighted by Gasteiger charge is -2.23. The van der Waals surface area contributed by atoms with E-state index in [4.69, 9.17) is 10.5 Å². The largest absolute Gasteiger partial charge is 0.453 e. The third-order valence-electron chi connectivity index (χ3n) is 3.32. The van der Waals surface area contributed by atoms with Crippen LogP contribution in [-0.2, 0) is 14.3 Å². The lowest BCUT2D eigenvalue weighted by Crippen LogP contribution is -2.40. The number of rotatable bonds is 9. The molecular formula is C15H31ClN2O3. The monoisotopic (exact) mass is 322 g/mol. The molecule has 0 aromatic heterocycles. The normalized spacial score (nSPS) is 13.3. The van der Waals surface area contributed by atoms with Gasteiger partial charge in [-0.3, -0.25) is 9.59 Å². The zero-order valence-corrected chi connectivity index (χ0v) is 14.7. The first-order chi connectivity index (χ1) is 9.35. The number of esters is 1. The van der Waals surface area contributed by atoms with Gasteiger partial charge in [0.1, 0.15) is 0 Å². The Balaban J connectivity index is 0. The smallest absolute Gasteiger partial charge is 0.306 e. The van der Waals surface area contributed by atoms with Crippen molar-refractivity contribution in [2.45, 2.75) is 53.6 Å². The van der Waals surface area contributed by atoms with Crippen molar-refractivity contribution >= 4 is 24.3 Å². The first-order valence-corrected chi connectivity index (χ1v) is 7.53. The van der Waals surface area contributed by atoms with Gasteiger partial charge in [0.25, 0.3) is 5.91 Å². The van der Waals surface area contributed by atoms with Crippen LogP contribution in [-0.4, -0.2) is 42.5 Å². The molecule has 0 bridgehead atoms. The number of hydrogen-bond donors (Lipinski definition) is 1. The minimum atomic E-state index is -0.722. The van der Waals surface area contributed by atoms with Crippen LogP contribution in [0.2, 0.25) is 0 Å². The Morgan fingerprint density at radius 1 is 1.14 bits per heavy atom. The van der Waals surface area contributed by atoms with Gasteiger partial charge in [0.15, 0.2) is 6.10 Å². The highest BCUT2D eigenvalue weighted by Gasteiger charge is 2.23. The molecule has 21 heavy (non-hydrogen) atoms. The van der Waals surface area contributed by atoms with Crippen LogP contribution in [0.4, 0.5) is 0 Å². The van der Waals surface area contributed by atoms with Gasteiger partial charge in [-0.25, -0.2) is 0 Å².